The smallest absolute Gasteiger partial charge is 0.311 e. The van der Waals surface area contributed by atoms with E-state index in [1.165, 1.54) is 13.2 Å². The topological polar surface area (TPSA) is 52.4 Å². The first kappa shape index (κ1) is 10.9. The van der Waals surface area contributed by atoms with Crippen LogP contribution >= 0.6 is 0 Å². The molecule has 0 unspecified atom stereocenters. The summed E-state index contributed by atoms with van der Waals surface area (Å²) >= 11 is 0. The number of nitro groups is 1. The minimum Gasteiger partial charge on any atom is -0.490 e. The fraction of sp³-hybridized carbons (Fsp3) is 0.455. The lowest BCUT2D eigenvalue weighted by Crippen LogP contribution is -1.99. The van der Waals surface area contributed by atoms with E-state index < -0.39 is 10.7 Å². The molecule has 1 saturated carbocycles. The summed E-state index contributed by atoms with van der Waals surface area (Å²) in [5.74, 6) is 0.0406. The maximum Gasteiger partial charge on any atom is 0.311 e. The number of methoxy groups -OCH3 is 1. The number of ether oxygens (including phenoxy) is 1. The highest BCUT2D eigenvalue weighted by molar-refractivity contribution is 5.49. The number of nitro benzene ring substituents is 1. The molecule has 0 N–H and O–H groups in total. The lowest BCUT2D eigenvalue weighted by atomic mass is 10.1. The van der Waals surface area contributed by atoms with Crippen molar-refractivity contribution in [2.24, 2.45) is 5.92 Å². The number of halogens is 1. The van der Waals surface area contributed by atoms with Gasteiger partial charge in [0.2, 0.25) is 0 Å². The van der Waals surface area contributed by atoms with Crippen molar-refractivity contribution in [2.45, 2.75) is 19.3 Å². The van der Waals surface area contributed by atoms with Gasteiger partial charge in [0.1, 0.15) is 5.82 Å². The molecule has 1 aromatic rings. The van der Waals surface area contributed by atoms with Crippen LogP contribution in [-0.4, -0.2) is 12.0 Å². The Hall–Kier alpha value is -1.65. The van der Waals surface area contributed by atoms with Crippen molar-refractivity contribution < 1.29 is 14.1 Å². The van der Waals surface area contributed by atoms with Gasteiger partial charge in [-0.3, -0.25) is 10.1 Å². The second-order valence-electron chi connectivity index (χ2n) is 4.02. The normalized spacial score (nSPS) is 14.9. The average molecular weight is 225 g/mol. The maximum atomic E-state index is 13.6. The van der Waals surface area contributed by atoms with Crippen molar-refractivity contribution in [3.05, 3.63) is 33.6 Å². The molecule has 0 heterocycles. The zero-order valence-corrected chi connectivity index (χ0v) is 8.90. The fourth-order valence-corrected chi connectivity index (χ4v) is 1.68. The van der Waals surface area contributed by atoms with Crippen molar-refractivity contribution >= 4 is 5.69 Å². The minimum atomic E-state index is -0.547. The van der Waals surface area contributed by atoms with Crippen LogP contribution in [0.3, 0.4) is 0 Å². The molecule has 0 bridgehead atoms. The summed E-state index contributed by atoms with van der Waals surface area (Å²) in [5, 5.41) is 10.7. The molecule has 0 spiro atoms. The van der Waals surface area contributed by atoms with E-state index in [9.17, 15) is 14.5 Å². The van der Waals surface area contributed by atoms with E-state index in [0.29, 0.717) is 17.9 Å². The minimum absolute atomic E-state index is 0.0259. The predicted molar refractivity (Wildman–Crippen MR) is 56.0 cm³/mol. The van der Waals surface area contributed by atoms with E-state index in [0.717, 1.165) is 18.9 Å². The molecule has 1 fully saturated rings. The van der Waals surface area contributed by atoms with Crippen LogP contribution in [0.1, 0.15) is 18.4 Å². The first-order valence-electron chi connectivity index (χ1n) is 5.12. The first-order valence-corrected chi connectivity index (χ1v) is 5.12. The van der Waals surface area contributed by atoms with Crippen LogP contribution in [0.4, 0.5) is 10.1 Å². The van der Waals surface area contributed by atoms with Gasteiger partial charge >= 0.3 is 5.69 Å². The van der Waals surface area contributed by atoms with Gasteiger partial charge < -0.3 is 4.74 Å². The molecule has 0 aromatic heterocycles. The third-order valence-corrected chi connectivity index (χ3v) is 2.75. The van der Waals surface area contributed by atoms with Crippen LogP contribution in [0.15, 0.2) is 12.1 Å². The summed E-state index contributed by atoms with van der Waals surface area (Å²) in [6, 6.07) is 2.38. The molecule has 0 radical (unpaired) electrons. The van der Waals surface area contributed by atoms with Gasteiger partial charge in [0.05, 0.1) is 12.0 Å². The van der Waals surface area contributed by atoms with Gasteiger partial charge in [0.25, 0.3) is 0 Å². The monoisotopic (exact) mass is 225 g/mol. The summed E-state index contributed by atoms with van der Waals surface area (Å²) < 4.78 is 18.3. The number of hydrogen-bond donors (Lipinski definition) is 0. The molecule has 0 aliphatic heterocycles. The second kappa shape index (κ2) is 4.08. The predicted octanol–water partition coefficient (Wildman–Crippen LogP) is 2.70. The summed E-state index contributed by atoms with van der Waals surface area (Å²) in [6.45, 7) is 0. The number of benzene rings is 1. The molecular formula is C11H12FNO3. The molecule has 1 aliphatic rings. The van der Waals surface area contributed by atoms with Crippen molar-refractivity contribution in [3.8, 4) is 5.75 Å². The SMILES string of the molecule is COc1cc(F)c(CC2CC2)cc1[N+](=O)[O-]. The Morgan fingerprint density at radius 2 is 2.25 bits per heavy atom. The van der Waals surface area contributed by atoms with Crippen molar-refractivity contribution in [1.29, 1.82) is 0 Å². The van der Waals surface area contributed by atoms with E-state index >= 15 is 0 Å². The van der Waals surface area contributed by atoms with Crippen LogP contribution in [0.25, 0.3) is 0 Å². The van der Waals surface area contributed by atoms with Crippen molar-refractivity contribution in [1.82, 2.24) is 0 Å². The highest BCUT2D eigenvalue weighted by Gasteiger charge is 2.26. The van der Waals surface area contributed by atoms with E-state index in [-0.39, 0.29) is 11.4 Å². The number of nitrogens with zero attached hydrogens (tertiary/aromatic N) is 1. The summed E-state index contributed by atoms with van der Waals surface area (Å²) in [4.78, 5) is 10.2. The van der Waals surface area contributed by atoms with Crippen LogP contribution < -0.4 is 4.74 Å². The van der Waals surface area contributed by atoms with Crippen molar-refractivity contribution in [3.63, 3.8) is 0 Å². The van der Waals surface area contributed by atoms with Gasteiger partial charge in [-0.15, -0.1) is 0 Å². The zero-order chi connectivity index (χ0) is 11.7. The van der Waals surface area contributed by atoms with Crippen LogP contribution in [-0.2, 0) is 6.42 Å². The van der Waals surface area contributed by atoms with Gasteiger partial charge in [-0.2, -0.15) is 0 Å². The third kappa shape index (κ3) is 2.13. The molecule has 4 nitrogen and oxygen atoms in total. The highest BCUT2D eigenvalue weighted by atomic mass is 19.1. The van der Waals surface area contributed by atoms with E-state index in [2.05, 4.69) is 0 Å². The Morgan fingerprint density at radius 3 is 2.75 bits per heavy atom. The lowest BCUT2D eigenvalue weighted by Gasteiger charge is -2.06. The van der Waals surface area contributed by atoms with Crippen molar-refractivity contribution in [2.75, 3.05) is 7.11 Å². The molecule has 16 heavy (non-hydrogen) atoms. The summed E-state index contributed by atoms with van der Waals surface area (Å²) in [5.41, 5.74) is 0.245. The number of rotatable bonds is 4. The van der Waals surface area contributed by atoms with Crippen LogP contribution in [0.5, 0.6) is 5.75 Å². The maximum absolute atomic E-state index is 13.6. The Labute approximate surface area is 92.2 Å². The molecule has 86 valence electrons. The molecule has 5 heteroatoms. The Balaban J connectivity index is 2.37. The fourth-order valence-electron chi connectivity index (χ4n) is 1.68. The van der Waals surface area contributed by atoms with E-state index in [4.69, 9.17) is 4.74 Å². The van der Waals surface area contributed by atoms with E-state index in [1.807, 2.05) is 0 Å². The molecule has 0 saturated heterocycles. The quantitative estimate of drug-likeness (QED) is 0.584. The third-order valence-electron chi connectivity index (χ3n) is 2.75. The Morgan fingerprint density at radius 1 is 1.56 bits per heavy atom. The molecule has 1 aliphatic carbocycles. The van der Waals surface area contributed by atoms with Gasteiger partial charge in [-0.1, -0.05) is 0 Å². The largest absolute Gasteiger partial charge is 0.490 e. The van der Waals surface area contributed by atoms with Crippen LogP contribution in [0.2, 0.25) is 0 Å². The molecular weight excluding hydrogens is 213 g/mol. The standard InChI is InChI=1S/C11H12FNO3/c1-16-11-6-9(12)8(4-7-2-3-7)5-10(11)13(14)15/h5-7H,2-4H2,1H3. The molecule has 0 amide bonds. The summed E-state index contributed by atoms with van der Waals surface area (Å²) in [7, 11) is 1.29. The van der Waals surface area contributed by atoms with Gasteiger partial charge in [0.15, 0.2) is 5.75 Å². The summed E-state index contributed by atoms with van der Waals surface area (Å²) in [6.07, 6.45) is 2.75. The average Bonchev–Trinajstić information content (AvgIpc) is 3.04. The molecule has 0 atom stereocenters. The Kier molecular flexibility index (Phi) is 2.77. The second-order valence-corrected chi connectivity index (χ2v) is 4.02. The number of hydrogen-bond acceptors (Lipinski definition) is 3. The van der Waals surface area contributed by atoms with Gasteiger partial charge in [0, 0.05) is 12.1 Å². The first-order chi connectivity index (χ1) is 7.61. The van der Waals surface area contributed by atoms with E-state index in [1.54, 1.807) is 0 Å². The highest BCUT2D eigenvalue weighted by Crippen LogP contribution is 2.36. The molecule has 1 aromatic carbocycles. The van der Waals surface area contributed by atoms with Gasteiger partial charge in [-0.05, 0) is 30.7 Å². The lowest BCUT2D eigenvalue weighted by molar-refractivity contribution is -0.385. The van der Waals surface area contributed by atoms with Crippen LogP contribution in [0, 0.1) is 21.8 Å². The zero-order valence-electron chi connectivity index (χ0n) is 8.90. The van der Waals surface area contributed by atoms with Gasteiger partial charge in [-0.25, -0.2) is 4.39 Å². The Bertz CT molecular complexity index is 429. The molecule has 2 rings (SSSR count).